The van der Waals surface area contributed by atoms with Crippen LogP contribution in [-0.4, -0.2) is 96.7 Å². The quantitative estimate of drug-likeness (QED) is 0.0222. The van der Waals surface area contributed by atoms with E-state index in [1.807, 2.05) is 0 Å². The summed E-state index contributed by atoms with van der Waals surface area (Å²) in [6, 6.07) is 0. The predicted octanol–water partition coefficient (Wildman–Crippen LogP) is 24.1. The minimum atomic E-state index is -4.96. The molecule has 0 amide bonds. The van der Waals surface area contributed by atoms with Gasteiger partial charge in [-0.05, 0) is 43.4 Å². The lowest BCUT2D eigenvalue weighted by Crippen LogP contribution is -2.30. The predicted molar refractivity (Wildman–Crippen MR) is 409 cm³/mol. The molecule has 17 nitrogen and oxygen atoms in total. The van der Waals surface area contributed by atoms with Crippen LogP contribution < -0.4 is 0 Å². The van der Waals surface area contributed by atoms with E-state index in [9.17, 15) is 43.2 Å². The van der Waals surface area contributed by atoms with Gasteiger partial charge in [-0.25, -0.2) is 9.13 Å². The summed E-state index contributed by atoms with van der Waals surface area (Å²) in [5.41, 5.74) is 0. The number of phosphoric ester groups is 2. The molecule has 0 bridgehead atoms. The van der Waals surface area contributed by atoms with E-state index in [-0.39, 0.29) is 25.7 Å². The Hall–Kier alpha value is -1.94. The van der Waals surface area contributed by atoms with Crippen molar-refractivity contribution in [3.8, 4) is 0 Å². The van der Waals surface area contributed by atoms with E-state index in [2.05, 4.69) is 48.5 Å². The number of aliphatic hydroxyl groups excluding tert-OH is 1. The number of ether oxygens (including phenoxy) is 4. The van der Waals surface area contributed by atoms with E-state index >= 15 is 0 Å². The number of hydrogen-bond donors (Lipinski definition) is 3. The number of carbonyl (C=O) groups excluding carboxylic acids is 4. The average Bonchev–Trinajstić information content (AvgIpc) is 0.948. The second-order valence-corrected chi connectivity index (χ2v) is 33.5. The van der Waals surface area contributed by atoms with Crippen LogP contribution in [0.1, 0.15) is 421 Å². The molecule has 594 valence electrons. The Morgan fingerprint density at radius 3 is 0.680 bits per heavy atom. The lowest BCUT2D eigenvalue weighted by Gasteiger charge is -2.21. The highest BCUT2D eigenvalue weighted by Crippen LogP contribution is 2.45. The Morgan fingerprint density at radius 1 is 0.270 bits per heavy atom. The molecule has 0 aliphatic heterocycles. The summed E-state index contributed by atoms with van der Waals surface area (Å²) in [6.07, 6.45) is 59.8. The lowest BCUT2D eigenvalue weighted by molar-refractivity contribution is -0.161. The Balaban J connectivity index is 5.18. The highest BCUT2D eigenvalue weighted by atomic mass is 31.2. The van der Waals surface area contributed by atoms with Gasteiger partial charge in [-0.2, -0.15) is 0 Å². The second-order valence-electron chi connectivity index (χ2n) is 30.6. The van der Waals surface area contributed by atoms with Gasteiger partial charge >= 0.3 is 39.5 Å². The molecule has 0 aromatic rings. The van der Waals surface area contributed by atoms with Gasteiger partial charge in [0.2, 0.25) is 0 Å². The molecule has 0 aromatic carbocycles. The van der Waals surface area contributed by atoms with Gasteiger partial charge in [0.15, 0.2) is 12.2 Å². The van der Waals surface area contributed by atoms with Gasteiger partial charge in [0.05, 0.1) is 26.4 Å². The zero-order chi connectivity index (χ0) is 73.7. The number of unbranched alkanes of at least 4 members (excludes halogenated alkanes) is 47. The molecule has 5 atom stereocenters. The summed E-state index contributed by atoms with van der Waals surface area (Å²) < 4.78 is 68.6. The molecular formula is C81H158O17P2. The minimum absolute atomic E-state index is 0.107. The summed E-state index contributed by atoms with van der Waals surface area (Å²) in [7, 11) is -9.92. The van der Waals surface area contributed by atoms with Crippen LogP contribution >= 0.6 is 15.6 Å². The van der Waals surface area contributed by atoms with E-state index in [0.717, 1.165) is 120 Å². The minimum Gasteiger partial charge on any atom is -0.462 e. The van der Waals surface area contributed by atoms with Crippen LogP contribution in [0.25, 0.3) is 0 Å². The molecular weight excluding hydrogens is 1310 g/mol. The molecule has 2 unspecified atom stereocenters. The molecule has 0 aliphatic rings. The maximum atomic E-state index is 13.1. The molecule has 19 heteroatoms. The van der Waals surface area contributed by atoms with E-state index in [4.69, 9.17) is 37.0 Å². The first-order valence-corrected chi connectivity index (χ1v) is 44.8. The molecule has 0 radical (unpaired) electrons. The SMILES string of the molecule is CCCCCCCCCC(=O)OC[C@H](COP(=O)(O)OC[C@H](O)COP(=O)(O)OC[C@@H](COC(=O)CCCCCCCCCCCCCCCCCC(C)C)OC(=O)CCCCCCCCCCCCCCCCCCC(C)C)OC(=O)CCCCCCCCCCCCCCCC(C)C. The number of carbonyl (C=O) groups is 4. The molecule has 0 spiro atoms. The normalized spacial score (nSPS) is 14.0. The van der Waals surface area contributed by atoms with E-state index in [1.165, 1.54) is 218 Å². The third-order valence-electron chi connectivity index (χ3n) is 18.9. The van der Waals surface area contributed by atoms with Crippen LogP contribution in [0.4, 0.5) is 0 Å². The Morgan fingerprint density at radius 2 is 0.460 bits per heavy atom. The van der Waals surface area contributed by atoms with Crippen molar-refractivity contribution < 1.29 is 80.2 Å². The van der Waals surface area contributed by atoms with Crippen molar-refractivity contribution >= 4 is 39.5 Å². The van der Waals surface area contributed by atoms with Crippen molar-refractivity contribution in [2.75, 3.05) is 39.6 Å². The van der Waals surface area contributed by atoms with Gasteiger partial charge in [-0.1, -0.05) is 370 Å². The highest BCUT2D eigenvalue weighted by molar-refractivity contribution is 7.47. The van der Waals surface area contributed by atoms with Crippen molar-refractivity contribution in [1.82, 2.24) is 0 Å². The van der Waals surface area contributed by atoms with E-state index < -0.39 is 97.5 Å². The van der Waals surface area contributed by atoms with Crippen LogP contribution in [0.3, 0.4) is 0 Å². The van der Waals surface area contributed by atoms with Crippen molar-refractivity contribution in [1.29, 1.82) is 0 Å². The van der Waals surface area contributed by atoms with Crippen molar-refractivity contribution in [2.45, 2.75) is 439 Å². The van der Waals surface area contributed by atoms with Crippen LogP contribution in [0.5, 0.6) is 0 Å². The highest BCUT2D eigenvalue weighted by Gasteiger charge is 2.30. The van der Waals surface area contributed by atoms with Crippen LogP contribution in [0.15, 0.2) is 0 Å². The van der Waals surface area contributed by atoms with E-state index in [0.29, 0.717) is 25.7 Å². The summed E-state index contributed by atoms with van der Waals surface area (Å²) in [5, 5.41) is 10.6. The first-order chi connectivity index (χ1) is 48.2. The second kappa shape index (κ2) is 71.3. The molecule has 0 fully saturated rings. The van der Waals surface area contributed by atoms with Crippen LogP contribution in [0, 0.1) is 17.8 Å². The first kappa shape index (κ1) is 98.1. The standard InChI is InChI=1S/C81H158O17P2/c1-8-9-10-11-38-48-55-62-78(83)91-68-76(97-80(85)65-58-51-44-37-31-25-19-22-28-34-41-47-54-61-74(6)7)70-95-99(87,88)93-66-75(82)67-94-100(89,90)96-71-77(69-92-79(84)63-56-49-42-35-29-23-18-14-16-21-27-33-40-46-53-60-73(4)5)98-81(86)64-57-50-43-36-30-24-17-13-12-15-20-26-32-39-45-52-59-72(2)3/h72-77,82H,8-71H2,1-7H3,(H,87,88)(H,89,90)/t75-,76+,77+/m0/s1. The molecule has 0 saturated carbocycles. The van der Waals surface area contributed by atoms with Gasteiger partial charge in [-0.3, -0.25) is 37.3 Å². The summed E-state index contributed by atoms with van der Waals surface area (Å²) in [6.45, 7) is 12.0. The smallest absolute Gasteiger partial charge is 0.462 e. The Labute approximate surface area is 613 Å². The van der Waals surface area contributed by atoms with Gasteiger partial charge in [0.1, 0.15) is 19.3 Å². The van der Waals surface area contributed by atoms with Gasteiger partial charge in [0, 0.05) is 25.7 Å². The Bertz CT molecular complexity index is 1940. The van der Waals surface area contributed by atoms with Gasteiger partial charge < -0.3 is 33.8 Å². The molecule has 0 aromatic heterocycles. The summed E-state index contributed by atoms with van der Waals surface area (Å²) >= 11 is 0. The third kappa shape index (κ3) is 74.3. The number of aliphatic hydroxyl groups is 1. The third-order valence-corrected chi connectivity index (χ3v) is 20.8. The maximum absolute atomic E-state index is 13.1. The number of esters is 4. The van der Waals surface area contributed by atoms with Crippen molar-refractivity contribution in [2.24, 2.45) is 17.8 Å². The Kier molecular flexibility index (Phi) is 69.9. The number of rotatable bonds is 79. The van der Waals surface area contributed by atoms with Crippen LogP contribution in [-0.2, 0) is 65.4 Å². The van der Waals surface area contributed by atoms with Crippen molar-refractivity contribution in [3.63, 3.8) is 0 Å². The van der Waals surface area contributed by atoms with Crippen molar-refractivity contribution in [3.05, 3.63) is 0 Å². The van der Waals surface area contributed by atoms with E-state index in [1.54, 1.807) is 0 Å². The first-order valence-electron chi connectivity index (χ1n) is 41.8. The fraction of sp³-hybridized carbons (Fsp3) is 0.951. The summed E-state index contributed by atoms with van der Waals surface area (Å²) in [5.74, 6) is 0.288. The zero-order valence-corrected chi connectivity index (χ0v) is 67.5. The zero-order valence-electron chi connectivity index (χ0n) is 65.7. The van der Waals surface area contributed by atoms with Gasteiger partial charge in [-0.15, -0.1) is 0 Å². The molecule has 0 saturated heterocycles. The van der Waals surface area contributed by atoms with Crippen LogP contribution in [0.2, 0.25) is 0 Å². The largest absolute Gasteiger partial charge is 0.472 e. The number of hydrogen-bond acceptors (Lipinski definition) is 15. The van der Waals surface area contributed by atoms with Gasteiger partial charge in [0.25, 0.3) is 0 Å². The fourth-order valence-electron chi connectivity index (χ4n) is 12.5. The fourth-order valence-corrected chi connectivity index (χ4v) is 14.1. The summed E-state index contributed by atoms with van der Waals surface area (Å²) in [4.78, 5) is 72.9. The maximum Gasteiger partial charge on any atom is 0.472 e. The topological polar surface area (TPSA) is 237 Å². The number of phosphoric acid groups is 2. The molecule has 100 heavy (non-hydrogen) atoms. The average molecular weight is 1470 g/mol. The lowest BCUT2D eigenvalue weighted by atomic mass is 10.0. The molecule has 0 rings (SSSR count). The monoisotopic (exact) mass is 1470 g/mol. The molecule has 0 aliphatic carbocycles. The molecule has 0 heterocycles. The molecule has 3 N–H and O–H groups in total.